The van der Waals surface area contributed by atoms with Crippen LogP contribution < -0.4 is 5.43 Å². The number of rotatable bonds is 1. The van der Waals surface area contributed by atoms with E-state index in [2.05, 4.69) is 65.2 Å². The van der Waals surface area contributed by atoms with E-state index >= 15 is 0 Å². The van der Waals surface area contributed by atoms with Gasteiger partial charge in [0.2, 0.25) is 0 Å². The summed E-state index contributed by atoms with van der Waals surface area (Å²) in [5.74, 6) is 0. The van der Waals surface area contributed by atoms with Crippen LogP contribution in [0.3, 0.4) is 0 Å². The van der Waals surface area contributed by atoms with Crippen molar-refractivity contribution < 1.29 is 0 Å². The molecule has 0 aliphatic rings. The Kier molecular flexibility index (Phi) is 3.22. The topological polar surface area (TPSA) is 22.0 Å². The zero-order chi connectivity index (χ0) is 18.7. The minimum absolute atomic E-state index is 0.104. The molecule has 28 heavy (non-hydrogen) atoms. The van der Waals surface area contributed by atoms with E-state index in [-0.39, 0.29) is 5.43 Å². The lowest BCUT2D eigenvalue weighted by molar-refractivity contribution is 1.19. The van der Waals surface area contributed by atoms with Crippen LogP contribution in [0.25, 0.3) is 47.7 Å². The highest BCUT2D eigenvalue weighted by molar-refractivity contribution is 7.24. The second-order valence-corrected chi connectivity index (χ2v) is 8.06. The van der Waals surface area contributed by atoms with Gasteiger partial charge in [-0.2, -0.15) is 0 Å². The van der Waals surface area contributed by atoms with Crippen LogP contribution in [0.2, 0.25) is 0 Å². The first-order chi connectivity index (χ1) is 13.8. The highest BCUT2D eigenvalue weighted by Gasteiger charge is 2.13. The van der Waals surface area contributed by atoms with E-state index in [0.29, 0.717) is 0 Å². The van der Waals surface area contributed by atoms with Gasteiger partial charge in [0.1, 0.15) is 0 Å². The molecule has 3 heteroatoms. The first kappa shape index (κ1) is 15.6. The van der Waals surface area contributed by atoms with Gasteiger partial charge in [-0.15, -0.1) is 11.3 Å². The van der Waals surface area contributed by atoms with Gasteiger partial charge in [-0.25, -0.2) is 0 Å². The third-order valence-corrected chi connectivity index (χ3v) is 6.55. The Bertz CT molecular complexity index is 1540. The van der Waals surface area contributed by atoms with Crippen molar-refractivity contribution in [3.8, 4) is 5.69 Å². The van der Waals surface area contributed by atoms with Crippen molar-refractivity contribution in [2.75, 3.05) is 0 Å². The molecule has 0 aliphatic carbocycles. The molecule has 0 unspecified atom stereocenters. The predicted molar refractivity (Wildman–Crippen MR) is 120 cm³/mol. The third kappa shape index (κ3) is 2.11. The summed E-state index contributed by atoms with van der Waals surface area (Å²) in [4.78, 5) is 13.1. The Labute approximate surface area is 164 Å². The molecule has 0 radical (unpaired) electrons. The van der Waals surface area contributed by atoms with E-state index in [1.54, 1.807) is 11.3 Å². The minimum Gasteiger partial charge on any atom is -0.309 e. The summed E-state index contributed by atoms with van der Waals surface area (Å²) in [6.07, 6.45) is 0. The monoisotopic (exact) mass is 377 g/mol. The molecule has 6 aromatic rings. The van der Waals surface area contributed by atoms with E-state index in [4.69, 9.17) is 0 Å². The van der Waals surface area contributed by atoms with Gasteiger partial charge in [0.25, 0.3) is 0 Å². The van der Waals surface area contributed by atoms with Crippen molar-refractivity contribution in [3.63, 3.8) is 0 Å². The van der Waals surface area contributed by atoms with E-state index in [1.807, 2.05) is 30.3 Å². The molecule has 132 valence electrons. The smallest absolute Gasteiger partial charge is 0.195 e. The molecule has 4 aromatic carbocycles. The quantitative estimate of drug-likeness (QED) is 0.299. The zero-order valence-electron chi connectivity index (χ0n) is 14.9. The summed E-state index contributed by atoms with van der Waals surface area (Å²) in [6.45, 7) is 0. The van der Waals surface area contributed by atoms with Crippen LogP contribution >= 0.6 is 11.3 Å². The lowest BCUT2D eigenvalue weighted by Gasteiger charge is -2.09. The number of fused-ring (bicyclic) bond motifs is 5. The third-order valence-electron chi connectivity index (χ3n) is 5.40. The van der Waals surface area contributed by atoms with Crippen molar-refractivity contribution in [2.45, 2.75) is 0 Å². The standard InChI is InChI=1S/C25H15NOS/c27-25-19-9-3-6-12-23(19)28-24-14-13-16(15-20(24)25)26-21-10-4-1-7-17(21)18-8-2-5-11-22(18)26/h1-15H. The van der Waals surface area contributed by atoms with Crippen LogP contribution in [0.15, 0.2) is 95.8 Å². The molecule has 0 aliphatic heterocycles. The molecule has 0 fully saturated rings. The fourth-order valence-corrected chi connectivity index (χ4v) is 5.18. The van der Waals surface area contributed by atoms with Gasteiger partial charge < -0.3 is 4.57 Å². The predicted octanol–water partition coefficient (Wildman–Crippen LogP) is 6.51. The van der Waals surface area contributed by atoms with Gasteiger partial charge in [0.05, 0.1) is 11.0 Å². The Morgan fingerprint density at radius 2 is 1.14 bits per heavy atom. The molecule has 0 bridgehead atoms. The zero-order valence-corrected chi connectivity index (χ0v) is 15.7. The first-order valence-corrected chi connectivity index (χ1v) is 10.1. The van der Waals surface area contributed by atoms with Crippen LogP contribution in [0.5, 0.6) is 0 Å². The van der Waals surface area contributed by atoms with Crippen molar-refractivity contribution in [1.29, 1.82) is 0 Å². The number of aromatic nitrogens is 1. The molecule has 0 amide bonds. The van der Waals surface area contributed by atoms with E-state index < -0.39 is 0 Å². The first-order valence-electron chi connectivity index (χ1n) is 9.25. The number of nitrogens with zero attached hydrogens (tertiary/aromatic N) is 1. The fraction of sp³-hybridized carbons (Fsp3) is 0. The molecule has 0 N–H and O–H groups in total. The van der Waals surface area contributed by atoms with Gasteiger partial charge in [-0.1, -0.05) is 48.5 Å². The second-order valence-electron chi connectivity index (χ2n) is 6.98. The molecule has 2 aromatic heterocycles. The molecule has 2 heterocycles. The molecule has 0 saturated carbocycles. The summed E-state index contributed by atoms with van der Waals surface area (Å²) in [6, 6.07) is 30.9. The molecule has 0 atom stereocenters. The van der Waals surface area contributed by atoms with E-state index in [0.717, 1.165) is 36.9 Å². The molecule has 0 saturated heterocycles. The fourth-order valence-electron chi connectivity index (χ4n) is 4.13. The molecular weight excluding hydrogens is 362 g/mol. The van der Waals surface area contributed by atoms with Crippen molar-refractivity contribution in [1.82, 2.24) is 4.57 Å². The second kappa shape index (κ2) is 5.78. The van der Waals surface area contributed by atoms with E-state index in [1.165, 1.54) is 10.8 Å². The number of para-hydroxylation sites is 2. The van der Waals surface area contributed by atoms with Crippen LogP contribution in [0.1, 0.15) is 0 Å². The van der Waals surface area contributed by atoms with Crippen molar-refractivity contribution in [3.05, 3.63) is 101 Å². The Morgan fingerprint density at radius 1 is 0.571 bits per heavy atom. The van der Waals surface area contributed by atoms with Gasteiger partial charge >= 0.3 is 0 Å². The number of hydrogen-bond acceptors (Lipinski definition) is 2. The normalized spacial score (nSPS) is 11.7. The molecular formula is C25H15NOS. The lowest BCUT2D eigenvalue weighted by Crippen LogP contribution is -2.02. The average Bonchev–Trinajstić information content (AvgIpc) is 3.08. The molecule has 2 nitrogen and oxygen atoms in total. The minimum atomic E-state index is 0.104. The summed E-state index contributed by atoms with van der Waals surface area (Å²) >= 11 is 1.67. The maximum Gasteiger partial charge on any atom is 0.195 e. The highest BCUT2D eigenvalue weighted by atomic mass is 32.1. The molecule has 6 rings (SSSR count). The SMILES string of the molecule is O=c1c2ccccc2sc2ccc(-n3c4ccccc4c4ccccc43)cc12. The summed E-state index contributed by atoms with van der Waals surface area (Å²) in [7, 11) is 0. The van der Waals surface area contributed by atoms with E-state index in [9.17, 15) is 4.79 Å². The van der Waals surface area contributed by atoms with Crippen molar-refractivity contribution in [2.24, 2.45) is 0 Å². The van der Waals surface area contributed by atoms with Gasteiger partial charge in [0, 0.05) is 36.6 Å². The Morgan fingerprint density at radius 3 is 1.86 bits per heavy atom. The maximum atomic E-state index is 13.1. The Balaban J connectivity index is 1.74. The van der Waals surface area contributed by atoms with Crippen LogP contribution in [0, 0.1) is 0 Å². The van der Waals surface area contributed by atoms with Gasteiger partial charge in [-0.3, -0.25) is 4.79 Å². The van der Waals surface area contributed by atoms with Crippen LogP contribution in [0.4, 0.5) is 0 Å². The van der Waals surface area contributed by atoms with Crippen LogP contribution in [-0.4, -0.2) is 4.57 Å². The van der Waals surface area contributed by atoms with Crippen LogP contribution in [-0.2, 0) is 0 Å². The van der Waals surface area contributed by atoms with Gasteiger partial charge in [0.15, 0.2) is 5.43 Å². The summed E-state index contributed by atoms with van der Waals surface area (Å²) in [5, 5.41) is 4.02. The highest BCUT2D eigenvalue weighted by Crippen LogP contribution is 2.33. The average molecular weight is 377 g/mol. The summed E-state index contributed by atoms with van der Waals surface area (Å²) < 4.78 is 4.31. The maximum absolute atomic E-state index is 13.1. The lowest BCUT2D eigenvalue weighted by atomic mass is 10.1. The number of hydrogen-bond donors (Lipinski definition) is 0. The summed E-state index contributed by atoms with van der Waals surface area (Å²) in [5.41, 5.74) is 3.43. The molecule has 0 spiro atoms. The largest absolute Gasteiger partial charge is 0.309 e. The number of benzene rings is 4. The van der Waals surface area contributed by atoms with Crippen molar-refractivity contribution >= 4 is 53.3 Å². The Hall–Kier alpha value is -3.43. The van der Waals surface area contributed by atoms with Gasteiger partial charge in [-0.05, 0) is 42.5 Å².